The monoisotopic (exact) mass is 1140 g/mol. The zero-order valence-corrected chi connectivity index (χ0v) is 47.5. The second-order valence-corrected chi connectivity index (χ2v) is 29.2. The number of nitrogens with two attached hydrogens (primary N) is 1. The Morgan fingerprint density at radius 3 is 2.48 bits per heavy atom. The lowest BCUT2D eigenvalue weighted by Gasteiger charge is -2.80. The number of carbonyl (C=O) groups is 2. The third kappa shape index (κ3) is 6.68. The topological polar surface area (TPSA) is 342 Å². The van der Waals surface area contributed by atoms with Crippen LogP contribution in [0.15, 0.2) is 42.7 Å². The molecule has 6 saturated carbocycles. The summed E-state index contributed by atoms with van der Waals surface area (Å²) in [5.41, 5.74) is -0.326. The molecule has 2 aromatic rings. The van der Waals surface area contributed by atoms with Crippen LogP contribution in [0, 0.1) is 108 Å². The summed E-state index contributed by atoms with van der Waals surface area (Å²) in [5.74, 6) is 3.23. The van der Waals surface area contributed by atoms with Gasteiger partial charge < -0.3 is 81.8 Å². The van der Waals surface area contributed by atoms with Crippen molar-refractivity contribution in [1.82, 2.24) is 25.3 Å². The van der Waals surface area contributed by atoms with Crippen molar-refractivity contribution in [2.75, 3.05) is 31.7 Å². The van der Waals surface area contributed by atoms with E-state index in [-0.39, 0.29) is 43.3 Å². The Hall–Kier alpha value is -4.24. The van der Waals surface area contributed by atoms with Crippen molar-refractivity contribution >= 4 is 17.7 Å². The van der Waals surface area contributed by atoms with E-state index in [0.717, 1.165) is 24.1 Å². The summed E-state index contributed by atoms with van der Waals surface area (Å²) in [5, 5.41) is 114. The maximum atomic E-state index is 15.9. The van der Waals surface area contributed by atoms with E-state index >= 15 is 4.79 Å². The number of aromatic nitrogens is 4. The number of imidazole rings is 2. The van der Waals surface area contributed by atoms with E-state index in [4.69, 9.17) is 20.2 Å². The number of carboxylic acid groups (broad SMARTS) is 1. The molecule has 1 spiro atoms. The summed E-state index contributed by atoms with van der Waals surface area (Å²) < 4.78 is 13.0. The normalized spacial score (nSPS) is 52.6. The van der Waals surface area contributed by atoms with Gasteiger partial charge in [-0.3, -0.25) is 9.59 Å². The molecule has 27 unspecified atom stereocenters. The number of ether oxygens (including phenoxy) is 2. The number of hydrogen-bond donors (Lipinski definition) is 14. The highest BCUT2D eigenvalue weighted by atomic mass is 16.7. The standard InChI is InChI=1S/C62H85N7O13/c1-54(26-70)17-18-61(53(79)80)34(21-54)33-22-58-11-6-12-59(57(33,4)32-19-36-49(68-29-66-36)65-23-35(32)61)15-10-38-55(2,27-71)48(82-50-46(77)44(75)37(72)25-81-50)45(76)42(56(38,3)51(58)59)31-9-16-62(39-24-64-28-67-39,40(73)20-41(63)74)47-43(31)60(52(78)69-47)13-5-7-30(60)8-14-58/h9,16,22,24,28-32,34-35,37-38,40-48,50-51,65,70-77H,5-7,10-13,15,17-21,23,25-27,63H2,1-4H3,(H,64,67)(H,66,68)(H,69,78)(H,79,80). The molecule has 2 aromatic heterocycles. The predicted octanol–water partition coefficient (Wildman–Crippen LogP) is 2.24. The highest BCUT2D eigenvalue weighted by molar-refractivity contribution is 5.88. The Morgan fingerprint density at radius 1 is 0.939 bits per heavy atom. The van der Waals surface area contributed by atoms with E-state index in [1.807, 2.05) is 13.0 Å². The number of aromatic amines is 2. The maximum absolute atomic E-state index is 15.9. The molecule has 8 fully saturated rings. The van der Waals surface area contributed by atoms with Crippen LogP contribution in [0.2, 0.25) is 0 Å². The van der Waals surface area contributed by atoms with Gasteiger partial charge in [0.2, 0.25) is 5.91 Å². The van der Waals surface area contributed by atoms with Crippen LogP contribution in [-0.4, -0.2) is 159 Å². The molecule has 1 amide bonds. The van der Waals surface area contributed by atoms with Crippen molar-refractivity contribution in [3.63, 3.8) is 0 Å². The number of anilines is 1. The lowest BCUT2D eigenvalue weighted by atomic mass is 9.23. The Bertz CT molecular complexity index is 3040. The van der Waals surface area contributed by atoms with Crippen LogP contribution < -0.4 is 16.4 Å². The van der Waals surface area contributed by atoms with E-state index in [9.17, 15) is 50.8 Å². The third-order valence-electron chi connectivity index (χ3n) is 26.4. The van der Waals surface area contributed by atoms with Gasteiger partial charge in [-0.05, 0) is 121 Å². The van der Waals surface area contributed by atoms with Gasteiger partial charge in [-0.2, -0.15) is 0 Å². The largest absolute Gasteiger partial charge is 0.481 e. The van der Waals surface area contributed by atoms with Crippen LogP contribution >= 0.6 is 0 Å². The smallest absolute Gasteiger partial charge is 0.310 e. The molecular formula is C62H85N7O13. The van der Waals surface area contributed by atoms with Crippen molar-refractivity contribution < 1.29 is 65.0 Å². The molecule has 2 saturated heterocycles. The highest BCUT2D eigenvalue weighted by Crippen LogP contribution is 2.85. The van der Waals surface area contributed by atoms with Gasteiger partial charge in [-0.1, -0.05) is 76.2 Å². The summed E-state index contributed by atoms with van der Waals surface area (Å²) in [6.07, 6.45) is 6.34. The number of H-pyrrole nitrogens is 2. The first-order valence-electron chi connectivity index (χ1n) is 30.6. The molecule has 446 valence electrons. The van der Waals surface area contributed by atoms with Gasteiger partial charge in [-0.15, -0.1) is 0 Å². The van der Waals surface area contributed by atoms with Crippen LogP contribution in [0.4, 0.5) is 5.82 Å². The highest BCUT2D eigenvalue weighted by Gasteiger charge is 2.83. The van der Waals surface area contributed by atoms with E-state index in [1.54, 1.807) is 12.5 Å². The number of carboxylic acids is 1. The van der Waals surface area contributed by atoms with Gasteiger partial charge in [0.25, 0.3) is 0 Å². The van der Waals surface area contributed by atoms with Crippen LogP contribution in [0.3, 0.4) is 0 Å². The van der Waals surface area contributed by atoms with Crippen LogP contribution in [-0.2, 0) is 30.9 Å². The summed E-state index contributed by atoms with van der Waals surface area (Å²) in [6, 6.07) is -0.857. The number of hydrogen-bond acceptors (Lipinski definition) is 16. The summed E-state index contributed by atoms with van der Waals surface area (Å²) >= 11 is 0. The van der Waals surface area contributed by atoms with E-state index < -0.39 is 152 Å². The minimum absolute atomic E-state index is 0.0953. The lowest BCUT2D eigenvalue weighted by molar-refractivity contribution is -0.353. The number of nitrogens with zero attached hydrogens (tertiary/aromatic N) is 2. The van der Waals surface area contributed by atoms with Gasteiger partial charge in [-0.25, -0.2) is 9.97 Å². The van der Waals surface area contributed by atoms with Gasteiger partial charge >= 0.3 is 5.97 Å². The average Bonchev–Trinajstić information content (AvgIpc) is 1.20. The van der Waals surface area contributed by atoms with Crippen molar-refractivity contribution in [3.8, 4) is 11.8 Å². The van der Waals surface area contributed by atoms with Crippen molar-refractivity contribution in [1.29, 1.82) is 0 Å². The first-order chi connectivity index (χ1) is 39.0. The summed E-state index contributed by atoms with van der Waals surface area (Å²) in [4.78, 5) is 46.7. The van der Waals surface area contributed by atoms with Crippen molar-refractivity contribution in [3.05, 3.63) is 54.0 Å². The Balaban J connectivity index is 1.07. The second-order valence-electron chi connectivity index (χ2n) is 29.2. The number of aliphatic hydroxyl groups excluding tert-OH is 8. The molecule has 5 heterocycles. The number of allylic oxidation sites excluding steroid dienone is 3. The fourth-order valence-corrected chi connectivity index (χ4v) is 23.2. The molecule has 27 atom stereocenters. The van der Waals surface area contributed by atoms with E-state index in [0.29, 0.717) is 82.3 Å². The third-order valence-corrected chi connectivity index (χ3v) is 26.4. The molecule has 0 radical (unpaired) electrons. The number of nitrogens with one attached hydrogen (secondary N) is 4. The quantitative estimate of drug-likeness (QED) is 0.0741. The molecule has 20 nitrogen and oxygen atoms in total. The number of aliphatic hydroxyl groups is 8. The summed E-state index contributed by atoms with van der Waals surface area (Å²) in [6.45, 7) is 8.25. The van der Waals surface area contributed by atoms with Gasteiger partial charge in [0.05, 0.1) is 77.6 Å². The fourth-order valence-electron chi connectivity index (χ4n) is 23.2. The van der Waals surface area contributed by atoms with Gasteiger partial charge in [0.1, 0.15) is 30.4 Å². The molecule has 0 aromatic carbocycles. The predicted molar refractivity (Wildman–Crippen MR) is 294 cm³/mol. The molecule has 14 rings (SSSR count). The minimum atomic E-state index is -1.72. The van der Waals surface area contributed by atoms with Gasteiger partial charge in [0.15, 0.2) is 6.29 Å². The SMILES string of the molecule is CC1(CO)CCC2(C(=O)O)C(C1)C1=CC34C#CC5CCCC56C(=O)NC5C6C(C=CC5(c5cnc[nH]5)C(O)CC(N)O)C5C(O)C(OC6OCC(O)C(O)C6O)C(C)(CO)C6CCC(CCC3)(C4C56C)C1(C)C1Cc3[nH]cnc3NCC12. The Labute approximate surface area is 477 Å². The van der Waals surface area contributed by atoms with Crippen LogP contribution in [0.5, 0.6) is 0 Å². The molecule has 2 bridgehead atoms. The molecule has 82 heavy (non-hydrogen) atoms. The van der Waals surface area contributed by atoms with Crippen LogP contribution in [0.1, 0.15) is 116 Å². The Kier molecular flexibility index (Phi) is 12.5. The van der Waals surface area contributed by atoms with Crippen molar-refractivity contribution in [2.45, 2.75) is 172 Å². The zero-order valence-electron chi connectivity index (χ0n) is 47.5. The number of fused-ring (bicyclic) bond motifs is 8. The van der Waals surface area contributed by atoms with Gasteiger partial charge in [0, 0.05) is 54.6 Å². The Morgan fingerprint density at radius 2 is 1.74 bits per heavy atom. The van der Waals surface area contributed by atoms with E-state index in [1.165, 1.54) is 6.33 Å². The second kappa shape index (κ2) is 18.4. The fraction of sp³-hybridized carbons (Fsp3) is 0.774. The number of aliphatic carboxylic acids is 1. The number of carbonyl (C=O) groups excluding carboxylic acids is 1. The molecule has 12 aliphatic rings. The van der Waals surface area contributed by atoms with Crippen molar-refractivity contribution in [2.24, 2.45) is 102 Å². The van der Waals surface area contributed by atoms with E-state index in [2.05, 4.69) is 70.3 Å². The minimum Gasteiger partial charge on any atom is -0.481 e. The maximum Gasteiger partial charge on any atom is 0.310 e. The molecular weight excluding hydrogens is 1050 g/mol. The number of amides is 1. The first-order valence-corrected chi connectivity index (χ1v) is 30.6. The molecule has 15 N–H and O–H groups in total. The average molecular weight is 1140 g/mol. The molecule has 3 aliphatic heterocycles. The molecule has 9 aliphatic carbocycles. The lowest BCUT2D eigenvalue weighted by Crippen LogP contribution is -2.78. The summed E-state index contributed by atoms with van der Waals surface area (Å²) in [7, 11) is 0. The zero-order chi connectivity index (χ0) is 57.7. The number of rotatable bonds is 9. The van der Waals surface area contributed by atoms with Crippen LogP contribution in [0.25, 0.3) is 0 Å². The molecule has 20 heteroatoms. The first kappa shape index (κ1) is 55.6.